The van der Waals surface area contributed by atoms with E-state index in [9.17, 15) is 13.2 Å². The number of hydrogen-bond acceptors (Lipinski definition) is 5. The fourth-order valence-electron chi connectivity index (χ4n) is 1.85. The number of nitrogens with zero attached hydrogens (tertiary/aromatic N) is 3. The number of piperidine rings is 1. The van der Waals surface area contributed by atoms with Crippen molar-refractivity contribution in [3.8, 4) is 0 Å². The quantitative estimate of drug-likeness (QED) is 0.857. The van der Waals surface area contributed by atoms with Crippen LogP contribution >= 0.6 is 0 Å². The number of rotatable bonds is 2. The summed E-state index contributed by atoms with van der Waals surface area (Å²) >= 11 is 0. The molecule has 2 rings (SSSR count). The van der Waals surface area contributed by atoms with Gasteiger partial charge in [-0.3, -0.25) is 0 Å². The molecule has 0 bridgehead atoms. The molecule has 1 fully saturated rings. The number of anilines is 1. The Morgan fingerprint density at radius 2 is 1.94 bits per heavy atom. The molecular weight excluding hydrogens is 237 g/mol. The molecule has 2 heterocycles. The van der Waals surface area contributed by atoms with Gasteiger partial charge in [-0.15, -0.1) is 5.10 Å². The zero-order valence-corrected chi connectivity index (χ0v) is 9.07. The Balaban J connectivity index is 1.95. The summed E-state index contributed by atoms with van der Waals surface area (Å²) in [5.41, 5.74) is 5.31. The SMILES string of the molecule is NCc1nnc(N2CCC(C(F)(F)F)CC2)o1. The highest BCUT2D eigenvalue weighted by Crippen LogP contribution is 2.34. The number of nitrogens with two attached hydrogens (primary N) is 1. The fourth-order valence-corrected chi connectivity index (χ4v) is 1.85. The van der Waals surface area contributed by atoms with E-state index in [1.54, 1.807) is 4.90 Å². The van der Waals surface area contributed by atoms with Gasteiger partial charge in [-0.1, -0.05) is 5.10 Å². The second kappa shape index (κ2) is 4.52. The van der Waals surface area contributed by atoms with Crippen molar-refractivity contribution in [3.63, 3.8) is 0 Å². The topological polar surface area (TPSA) is 68.2 Å². The molecule has 0 aliphatic carbocycles. The van der Waals surface area contributed by atoms with Crippen LogP contribution in [-0.2, 0) is 6.54 Å². The minimum Gasteiger partial charge on any atom is -0.407 e. The van der Waals surface area contributed by atoms with E-state index < -0.39 is 12.1 Å². The summed E-state index contributed by atoms with van der Waals surface area (Å²) in [4.78, 5) is 1.66. The third kappa shape index (κ3) is 2.68. The molecule has 2 N–H and O–H groups in total. The number of halogens is 3. The highest BCUT2D eigenvalue weighted by Gasteiger charge is 2.41. The average molecular weight is 250 g/mol. The highest BCUT2D eigenvalue weighted by molar-refractivity contribution is 5.24. The maximum absolute atomic E-state index is 12.4. The smallest absolute Gasteiger partial charge is 0.391 e. The van der Waals surface area contributed by atoms with Gasteiger partial charge in [0.2, 0.25) is 5.89 Å². The Morgan fingerprint density at radius 3 is 2.41 bits per heavy atom. The first kappa shape index (κ1) is 12.2. The van der Waals surface area contributed by atoms with Crippen LogP contribution in [0.5, 0.6) is 0 Å². The zero-order chi connectivity index (χ0) is 12.5. The predicted molar refractivity (Wildman–Crippen MR) is 53.2 cm³/mol. The Kier molecular flexibility index (Phi) is 3.23. The molecule has 96 valence electrons. The fraction of sp³-hybridized carbons (Fsp3) is 0.778. The minimum atomic E-state index is -4.11. The van der Waals surface area contributed by atoms with E-state index in [2.05, 4.69) is 10.2 Å². The van der Waals surface area contributed by atoms with Crippen molar-refractivity contribution in [3.05, 3.63) is 5.89 Å². The van der Waals surface area contributed by atoms with Crippen LogP contribution in [0.15, 0.2) is 4.42 Å². The van der Waals surface area contributed by atoms with Crippen molar-refractivity contribution in [2.24, 2.45) is 11.7 Å². The first-order valence-electron chi connectivity index (χ1n) is 5.35. The van der Waals surface area contributed by atoms with Gasteiger partial charge < -0.3 is 15.1 Å². The van der Waals surface area contributed by atoms with Gasteiger partial charge in [0, 0.05) is 13.1 Å². The van der Waals surface area contributed by atoms with Crippen LogP contribution < -0.4 is 10.6 Å². The predicted octanol–water partition coefficient (Wildman–Crippen LogP) is 1.31. The number of hydrogen-bond donors (Lipinski definition) is 1. The molecule has 0 unspecified atom stereocenters. The molecule has 0 spiro atoms. The van der Waals surface area contributed by atoms with Crippen LogP contribution in [0.4, 0.5) is 19.2 Å². The zero-order valence-electron chi connectivity index (χ0n) is 9.07. The Hall–Kier alpha value is -1.31. The maximum Gasteiger partial charge on any atom is 0.391 e. The Bertz CT molecular complexity index is 371. The Labute approximate surface area is 95.8 Å². The van der Waals surface area contributed by atoms with E-state index in [4.69, 9.17) is 10.2 Å². The highest BCUT2D eigenvalue weighted by atomic mass is 19.4. The molecule has 0 atom stereocenters. The standard InChI is InChI=1S/C9H13F3N4O/c10-9(11,12)6-1-3-16(4-2-6)8-15-14-7(5-13)17-8/h6H,1-5,13H2. The average Bonchev–Trinajstić information content (AvgIpc) is 2.76. The molecule has 0 amide bonds. The van der Waals surface area contributed by atoms with Gasteiger partial charge in [0.15, 0.2) is 0 Å². The van der Waals surface area contributed by atoms with Crippen molar-refractivity contribution in [2.75, 3.05) is 18.0 Å². The molecule has 1 aliphatic rings. The summed E-state index contributed by atoms with van der Waals surface area (Å²) in [6.45, 7) is 0.679. The van der Waals surface area contributed by atoms with E-state index in [1.165, 1.54) is 0 Å². The molecule has 1 aromatic heterocycles. The number of aromatic nitrogens is 2. The van der Waals surface area contributed by atoms with Gasteiger partial charge in [0.1, 0.15) is 0 Å². The molecule has 8 heteroatoms. The Morgan fingerprint density at radius 1 is 1.29 bits per heavy atom. The summed E-state index contributed by atoms with van der Waals surface area (Å²) in [7, 11) is 0. The molecule has 5 nitrogen and oxygen atoms in total. The summed E-state index contributed by atoms with van der Waals surface area (Å²) < 4.78 is 42.5. The molecule has 0 aromatic carbocycles. The van der Waals surface area contributed by atoms with Gasteiger partial charge in [0.05, 0.1) is 12.5 Å². The van der Waals surface area contributed by atoms with Gasteiger partial charge in [-0.2, -0.15) is 13.2 Å². The van der Waals surface area contributed by atoms with E-state index in [1.807, 2.05) is 0 Å². The van der Waals surface area contributed by atoms with E-state index in [-0.39, 0.29) is 44.4 Å². The van der Waals surface area contributed by atoms with Crippen molar-refractivity contribution in [1.29, 1.82) is 0 Å². The molecule has 1 aromatic rings. The monoisotopic (exact) mass is 250 g/mol. The van der Waals surface area contributed by atoms with Crippen molar-refractivity contribution < 1.29 is 17.6 Å². The van der Waals surface area contributed by atoms with Crippen LogP contribution in [0.3, 0.4) is 0 Å². The van der Waals surface area contributed by atoms with Crippen molar-refractivity contribution in [1.82, 2.24) is 10.2 Å². The molecule has 1 aliphatic heterocycles. The summed E-state index contributed by atoms with van der Waals surface area (Å²) in [6, 6.07) is 0.256. The van der Waals surface area contributed by atoms with Crippen LogP contribution in [0.2, 0.25) is 0 Å². The minimum absolute atomic E-state index is 0.0594. The first-order valence-corrected chi connectivity index (χ1v) is 5.35. The van der Waals surface area contributed by atoms with Gasteiger partial charge in [-0.25, -0.2) is 0 Å². The lowest BCUT2D eigenvalue weighted by atomic mass is 9.97. The van der Waals surface area contributed by atoms with Crippen LogP contribution in [0.25, 0.3) is 0 Å². The third-order valence-electron chi connectivity index (χ3n) is 2.86. The summed E-state index contributed by atoms with van der Waals surface area (Å²) in [5, 5.41) is 7.42. The molecule has 1 saturated heterocycles. The van der Waals surface area contributed by atoms with E-state index in [0.29, 0.717) is 0 Å². The van der Waals surface area contributed by atoms with Crippen LogP contribution in [0.1, 0.15) is 18.7 Å². The lowest BCUT2D eigenvalue weighted by Crippen LogP contribution is -2.39. The normalized spacial score (nSPS) is 18.7. The van der Waals surface area contributed by atoms with E-state index >= 15 is 0 Å². The largest absolute Gasteiger partial charge is 0.407 e. The molecule has 0 saturated carbocycles. The van der Waals surface area contributed by atoms with Crippen molar-refractivity contribution >= 4 is 6.01 Å². The van der Waals surface area contributed by atoms with Crippen LogP contribution in [0, 0.1) is 5.92 Å². The lowest BCUT2D eigenvalue weighted by molar-refractivity contribution is -0.179. The maximum atomic E-state index is 12.4. The summed E-state index contributed by atoms with van der Waals surface area (Å²) in [6.07, 6.45) is -3.99. The van der Waals surface area contributed by atoms with Crippen LogP contribution in [-0.4, -0.2) is 29.5 Å². The van der Waals surface area contributed by atoms with Crippen molar-refractivity contribution in [2.45, 2.75) is 25.6 Å². The first-order chi connectivity index (χ1) is 8.00. The lowest BCUT2D eigenvalue weighted by Gasteiger charge is -2.31. The van der Waals surface area contributed by atoms with Gasteiger partial charge in [-0.05, 0) is 12.8 Å². The van der Waals surface area contributed by atoms with Gasteiger partial charge in [0.25, 0.3) is 0 Å². The van der Waals surface area contributed by atoms with E-state index in [0.717, 1.165) is 0 Å². The number of alkyl halides is 3. The third-order valence-corrected chi connectivity index (χ3v) is 2.86. The second-order valence-corrected chi connectivity index (χ2v) is 3.99. The summed E-state index contributed by atoms with van der Waals surface area (Å²) in [5.74, 6) is -0.936. The van der Waals surface area contributed by atoms with Gasteiger partial charge >= 0.3 is 12.2 Å². The molecule has 0 radical (unpaired) electrons. The molecule has 17 heavy (non-hydrogen) atoms. The second-order valence-electron chi connectivity index (χ2n) is 3.99. The molecular formula is C9H13F3N4O.